The van der Waals surface area contributed by atoms with E-state index in [9.17, 15) is 14.4 Å². The van der Waals surface area contributed by atoms with E-state index in [4.69, 9.17) is 10.5 Å². The Bertz CT molecular complexity index is 653. The van der Waals surface area contributed by atoms with Crippen molar-refractivity contribution in [1.82, 2.24) is 5.32 Å². The summed E-state index contributed by atoms with van der Waals surface area (Å²) in [6.45, 7) is 0.231. The van der Waals surface area contributed by atoms with Crippen molar-refractivity contribution in [2.24, 2.45) is 5.73 Å². The molecule has 134 valence electrons. The van der Waals surface area contributed by atoms with E-state index >= 15 is 0 Å². The fraction of sp³-hybridized carbons (Fsp3) is 0.389. The summed E-state index contributed by atoms with van der Waals surface area (Å²) in [7, 11) is 0. The van der Waals surface area contributed by atoms with E-state index in [1.807, 2.05) is 0 Å². The third kappa shape index (κ3) is 6.66. The van der Waals surface area contributed by atoms with Gasteiger partial charge in [0, 0.05) is 12.2 Å². The van der Waals surface area contributed by atoms with Crippen molar-refractivity contribution < 1.29 is 19.1 Å². The SMILES string of the molecule is NC(=O)Nc1ccc(C(=O)OCC(=O)NCCC2=CCCCC2)cc1. The summed E-state index contributed by atoms with van der Waals surface area (Å²) >= 11 is 0. The molecular weight excluding hydrogens is 322 g/mol. The van der Waals surface area contributed by atoms with Gasteiger partial charge in [0.25, 0.3) is 5.91 Å². The van der Waals surface area contributed by atoms with E-state index in [0.717, 1.165) is 19.3 Å². The van der Waals surface area contributed by atoms with Gasteiger partial charge in [0.05, 0.1) is 5.56 Å². The molecule has 0 radical (unpaired) electrons. The topological polar surface area (TPSA) is 111 Å². The van der Waals surface area contributed by atoms with Crippen LogP contribution in [0.1, 0.15) is 42.5 Å². The van der Waals surface area contributed by atoms with Crippen molar-refractivity contribution in [2.45, 2.75) is 32.1 Å². The molecular formula is C18H23N3O4. The maximum atomic E-state index is 11.9. The third-order valence-electron chi connectivity index (χ3n) is 3.88. The second kappa shape index (κ2) is 9.46. The second-order valence-corrected chi connectivity index (χ2v) is 5.85. The van der Waals surface area contributed by atoms with Gasteiger partial charge in [-0.05, 0) is 56.4 Å². The van der Waals surface area contributed by atoms with Crippen molar-refractivity contribution in [3.05, 3.63) is 41.5 Å². The molecule has 0 saturated heterocycles. The molecule has 0 saturated carbocycles. The van der Waals surface area contributed by atoms with Gasteiger partial charge < -0.3 is 21.1 Å². The first-order valence-corrected chi connectivity index (χ1v) is 8.33. The number of anilines is 1. The average molecular weight is 345 g/mol. The molecule has 2 rings (SSSR count). The molecule has 1 aliphatic carbocycles. The zero-order chi connectivity index (χ0) is 18.1. The zero-order valence-corrected chi connectivity index (χ0v) is 14.0. The number of rotatable bonds is 7. The van der Waals surface area contributed by atoms with Crippen LogP contribution < -0.4 is 16.4 Å². The molecule has 1 aromatic rings. The number of nitrogens with one attached hydrogen (secondary N) is 2. The number of hydrogen-bond acceptors (Lipinski definition) is 4. The van der Waals surface area contributed by atoms with Crippen molar-refractivity contribution in [3.63, 3.8) is 0 Å². The predicted molar refractivity (Wildman–Crippen MR) is 94.1 cm³/mol. The summed E-state index contributed by atoms with van der Waals surface area (Å²) in [5, 5.41) is 5.14. The van der Waals surface area contributed by atoms with E-state index in [-0.39, 0.29) is 18.1 Å². The van der Waals surface area contributed by atoms with Crippen LogP contribution in [0.3, 0.4) is 0 Å². The molecule has 25 heavy (non-hydrogen) atoms. The molecule has 7 heteroatoms. The van der Waals surface area contributed by atoms with Gasteiger partial charge in [0.1, 0.15) is 0 Å². The minimum absolute atomic E-state index is 0.287. The van der Waals surface area contributed by atoms with Crippen LogP contribution in [0.15, 0.2) is 35.9 Å². The Morgan fingerprint density at radius 2 is 1.88 bits per heavy atom. The number of carbonyl (C=O) groups is 3. The van der Waals surface area contributed by atoms with Gasteiger partial charge in [-0.1, -0.05) is 11.6 Å². The third-order valence-corrected chi connectivity index (χ3v) is 3.88. The summed E-state index contributed by atoms with van der Waals surface area (Å²) in [5.41, 5.74) is 7.14. The Hall–Kier alpha value is -2.83. The molecule has 0 aromatic heterocycles. The molecule has 1 aliphatic rings. The molecule has 0 heterocycles. The summed E-state index contributed by atoms with van der Waals surface area (Å²) in [4.78, 5) is 34.3. The number of primary amides is 1. The molecule has 0 aliphatic heterocycles. The Labute approximate surface area is 146 Å². The lowest BCUT2D eigenvalue weighted by molar-refractivity contribution is -0.124. The minimum Gasteiger partial charge on any atom is -0.452 e. The lowest BCUT2D eigenvalue weighted by Gasteiger charge is -2.13. The number of ether oxygens (including phenoxy) is 1. The summed E-state index contributed by atoms with van der Waals surface area (Å²) in [5.74, 6) is -0.924. The van der Waals surface area contributed by atoms with E-state index in [0.29, 0.717) is 12.2 Å². The van der Waals surface area contributed by atoms with Crippen LogP contribution in [0.5, 0.6) is 0 Å². The van der Waals surface area contributed by atoms with Crippen LogP contribution in [-0.2, 0) is 9.53 Å². The van der Waals surface area contributed by atoms with Crippen LogP contribution in [0, 0.1) is 0 Å². The molecule has 0 fully saturated rings. The molecule has 0 bridgehead atoms. The second-order valence-electron chi connectivity index (χ2n) is 5.85. The summed E-state index contributed by atoms with van der Waals surface area (Å²) < 4.78 is 4.98. The molecule has 0 atom stereocenters. The van der Waals surface area contributed by atoms with Gasteiger partial charge in [0.2, 0.25) is 0 Å². The van der Waals surface area contributed by atoms with Crippen LogP contribution in [0.4, 0.5) is 10.5 Å². The van der Waals surface area contributed by atoms with E-state index < -0.39 is 12.0 Å². The largest absolute Gasteiger partial charge is 0.452 e. The molecule has 4 N–H and O–H groups in total. The van der Waals surface area contributed by atoms with Crippen molar-refractivity contribution in [1.29, 1.82) is 0 Å². The maximum absolute atomic E-state index is 11.9. The minimum atomic E-state index is -0.684. The average Bonchev–Trinajstić information content (AvgIpc) is 2.61. The fourth-order valence-electron chi connectivity index (χ4n) is 2.59. The Morgan fingerprint density at radius 1 is 1.12 bits per heavy atom. The molecule has 0 spiro atoms. The highest BCUT2D eigenvalue weighted by atomic mass is 16.5. The first kappa shape index (κ1) is 18.5. The number of urea groups is 1. The number of benzene rings is 1. The number of carbonyl (C=O) groups excluding carboxylic acids is 3. The van der Waals surface area contributed by atoms with Gasteiger partial charge in [0.15, 0.2) is 6.61 Å². The monoisotopic (exact) mass is 345 g/mol. The summed E-state index contributed by atoms with van der Waals surface area (Å²) in [6.07, 6.45) is 7.76. The Kier molecular flexibility index (Phi) is 7.00. The lowest BCUT2D eigenvalue weighted by atomic mass is 9.97. The highest BCUT2D eigenvalue weighted by Gasteiger charge is 2.11. The summed E-state index contributed by atoms with van der Waals surface area (Å²) in [6, 6.07) is 5.34. The Morgan fingerprint density at radius 3 is 2.52 bits per heavy atom. The van der Waals surface area contributed by atoms with Gasteiger partial charge in [-0.25, -0.2) is 9.59 Å². The normalized spacial score (nSPS) is 13.5. The fourth-order valence-corrected chi connectivity index (χ4v) is 2.59. The highest BCUT2D eigenvalue weighted by molar-refractivity contribution is 5.93. The van der Waals surface area contributed by atoms with Gasteiger partial charge >= 0.3 is 12.0 Å². The quantitative estimate of drug-likeness (QED) is 0.520. The van der Waals surface area contributed by atoms with Crippen molar-refractivity contribution >= 4 is 23.6 Å². The van der Waals surface area contributed by atoms with Crippen molar-refractivity contribution in [2.75, 3.05) is 18.5 Å². The number of hydrogen-bond donors (Lipinski definition) is 3. The van der Waals surface area contributed by atoms with E-state index in [1.54, 1.807) is 0 Å². The van der Waals surface area contributed by atoms with E-state index in [1.165, 1.54) is 42.7 Å². The first-order valence-electron chi connectivity index (χ1n) is 8.33. The maximum Gasteiger partial charge on any atom is 0.338 e. The molecule has 0 unspecified atom stereocenters. The van der Waals surface area contributed by atoms with Crippen LogP contribution >= 0.6 is 0 Å². The molecule has 1 aromatic carbocycles. The van der Waals surface area contributed by atoms with Gasteiger partial charge in [-0.15, -0.1) is 0 Å². The molecule has 7 nitrogen and oxygen atoms in total. The van der Waals surface area contributed by atoms with Gasteiger partial charge in [-0.3, -0.25) is 4.79 Å². The first-order chi connectivity index (χ1) is 12.0. The molecule has 3 amide bonds. The number of nitrogens with two attached hydrogens (primary N) is 1. The van der Waals surface area contributed by atoms with Gasteiger partial charge in [-0.2, -0.15) is 0 Å². The standard InChI is InChI=1S/C18H23N3O4/c19-18(24)21-15-8-6-14(7-9-15)17(23)25-12-16(22)20-11-10-13-4-2-1-3-5-13/h4,6-9H,1-3,5,10-12H2,(H,20,22)(H3,19,21,24). The van der Waals surface area contributed by atoms with Crippen LogP contribution in [0.2, 0.25) is 0 Å². The predicted octanol–water partition coefficient (Wildman–Crippen LogP) is 2.34. The number of allylic oxidation sites excluding steroid dienone is 1. The number of amides is 3. The van der Waals surface area contributed by atoms with Crippen molar-refractivity contribution in [3.8, 4) is 0 Å². The zero-order valence-electron chi connectivity index (χ0n) is 14.0. The smallest absolute Gasteiger partial charge is 0.338 e. The number of esters is 1. The Balaban J connectivity index is 1.68. The van der Waals surface area contributed by atoms with Crippen LogP contribution in [-0.4, -0.2) is 31.1 Å². The van der Waals surface area contributed by atoms with E-state index in [2.05, 4.69) is 16.7 Å². The van der Waals surface area contributed by atoms with Crippen LogP contribution in [0.25, 0.3) is 0 Å². The lowest BCUT2D eigenvalue weighted by Crippen LogP contribution is -2.29. The highest BCUT2D eigenvalue weighted by Crippen LogP contribution is 2.19.